The van der Waals surface area contributed by atoms with Crippen LogP contribution >= 0.6 is 0 Å². The second kappa shape index (κ2) is 5.63. The van der Waals surface area contributed by atoms with E-state index in [1.165, 1.54) is 32.1 Å². The van der Waals surface area contributed by atoms with Gasteiger partial charge in [-0.2, -0.15) is 4.98 Å². The molecule has 1 unspecified atom stereocenters. The normalized spacial score (nSPS) is 27.0. The lowest BCUT2D eigenvalue weighted by atomic mass is 9.80. The highest BCUT2D eigenvalue weighted by atomic mass is 16.5. The van der Waals surface area contributed by atoms with Crippen molar-refractivity contribution < 1.29 is 4.52 Å². The van der Waals surface area contributed by atoms with Gasteiger partial charge in [-0.3, -0.25) is 0 Å². The number of rotatable bonds is 4. The van der Waals surface area contributed by atoms with Gasteiger partial charge in [-0.15, -0.1) is 0 Å². The largest absolute Gasteiger partial charge is 0.338 e. The molecule has 1 saturated carbocycles. The Morgan fingerprint density at radius 1 is 1.29 bits per heavy atom. The highest BCUT2D eigenvalue weighted by Crippen LogP contribution is 2.35. The molecule has 1 fully saturated rings. The van der Waals surface area contributed by atoms with Gasteiger partial charge in [-0.05, 0) is 38.0 Å². The summed E-state index contributed by atoms with van der Waals surface area (Å²) in [6.07, 6.45) is 7.11. The van der Waals surface area contributed by atoms with Crippen LogP contribution in [0.25, 0.3) is 0 Å². The van der Waals surface area contributed by atoms with Crippen molar-refractivity contribution >= 4 is 0 Å². The minimum absolute atomic E-state index is 0.108. The molecule has 4 nitrogen and oxygen atoms in total. The molecule has 4 heteroatoms. The molecule has 17 heavy (non-hydrogen) atoms. The topological polar surface area (TPSA) is 64.9 Å². The Bertz CT molecular complexity index is 342. The Kier molecular flexibility index (Phi) is 4.15. The lowest BCUT2D eigenvalue weighted by Crippen LogP contribution is -2.14. The van der Waals surface area contributed by atoms with Gasteiger partial charge in [0, 0.05) is 5.92 Å². The second-order valence-electron chi connectivity index (χ2n) is 5.13. The van der Waals surface area contributed by atoms with Gasteiger partial charge >= 0.3 is 0 Å². The van der Waals surface area contributed by atoms with Crippen LogP contribution in [0.15, 0.2) is 4.52 Å². The summed E-state index contributed by atoms with van der Waals surface area (Å²) in [5.41, 5.74) is 5.88. The van der Waals surface area contributed by atoms with E-state index in [9.17, 15) is 0 Å². The molecule has 0 aliphatic heterocycles. The van der Waals surface area contributed by atoms with E-state index in [-0.39, 0.29) is 6.04 Å². The van der Waals surface area contributed by atoms with Gasteiger partial charge in [-0.25, -0.2) is 0 Å². The second-order valence-corrected chi connectivity index (χ2v) is 5.13. The number of nitrogens with two attached hydrogens (primary N) is 1. The molecule has 1 aromatic rings. The summed E-state index contributed by atoms with van der Waals surface area (Å²) in [7, 11) is 0. The lowest BCUT2D eigenvalue weighted by molar-refractivity contribution is 0.301. The first-order valence-electron chi connectivity index (χ1n) is 6.83. The minimum Gasteiger partial charge on any atom is -0.338 e. The van der Waals surface area contributed by atoms with E-state index in [1.54, 1.807) is 0 Å². The molecule has 2 N–H and O–H groups in total. The fraction of sp³-hybridized carbons (Fsp3) is 0.846. The average molecular weight is 237 g/mol. The molecule has 96 valence electrons. The molecule has 1 aliphatic carbocycles. The van der Waals surface area contributed by atoms with Crippen molar-refractivity contribution in [1.29, 1.82) is 0 Å². The smallest absolute Gasteiger partial charge is 0.243 e. The number of aromatic nitrogens is 2. The molecule has 0 amide bonds. The van der Waals surface area contributed by atoms with Crippen molar-refractivity contribution in [3.05, 3.63) is 11.7 Å². The van der Waals surface area contributed by atoms with Crippen LogP contribution in [0.4, 0.5) is 0 Å². The Labute approximate surface area is 103 Å². The van der Waals surface area contributed by atoms with E-state index in [0.717, 1.165) is 18.2 Å². The summed E-state index contributed by atoms with van der Waals surface area (Å²) < 4.78 is 5.24. The van der Waals surface area contributed by atoms with Crippen molar-refractivity contribution in [3.8, 4) is 0 Å². The standard InChI is InChI=1S/C13H23N3O/c1-3-9-5-7-10(8-6-9)12-15-13(17-16-12)11(14)4-2/h9-11H,3-8,14H2,1-2H3. The molecule has 1 aliphatic rings. The maximum atomic E-state index is 5.88. The predicted molar refractivity (Wildman–Crippen MR) is 66.5 cm³/mol. The first-order valence-corrected chi connectivity index (χ1v) is 6.83. The zero-order valence-electron chi connectivity index (χ0n) is 10.9. The van der Waals surface area contributed by atoms with Gasteiger partial charge in [0.05, 0.1) is 6.04 Å². The molecule has 0 saturated heterocycles. The summed E-state index contributed by atoms with van der Waals surface area (Å²) in [6, 6.07) is -0.108. The van der Waals surface area contributed by atoms with Gasteiger partial charge in [0.25, 0.3) is 0 Å². The molecule has 1 heterocycles. The van der Waals surface area contributed by atoms with Crippen LogP contribution in [0, 0.1) is 5.92 Å². The zero-order valence-corrected chi connectivity index (χ0v) is 10.9. The predicted octanol–water partition coefficient (Wildman–Crippen LogP) is 3.16. The number of nitrogens with zero attached hydrogens (tertiary/aromatic N) is 2. The van der Waals surface area contributed by atoms with E-state index >= 15 is 0 Å². The summed E-state index contributed by atoms with van der Waals surface area (Å²) in [4.78, 5) is 4.45. The average Bonchev–Trinajstić information content (AvgIpc) is 2.87. The van der Waals surface area contributed by atoms with Crippen LogP contribution in [-0.2, 0) is 0 Å². The SMILES string of the molecule is CCC1CCC(c2noc(C(N)CC)n2)CC1. The molecular formula is C13H23N3O. The summed E-state index contributed by atoms with van der Waals surface area (Å²) in [5, 5.41) is 4.09. The van der Waals surface area contributed by atoms with Gasteiger partial charge in [-0.1, -0.05) is 25.4 Å². The molecule has 0 aromatic carbocycles. The van der Waals surface area contributed by atoms with Crippen molar-refractivity contribution in [2.24, 2.45) is 11.7 Å². The van der Waals surface area contributed by atoms with Gasteiger partial charge in [0.2, 0.25) is 5.89 Å². The van der Waals surface area contributed by atoms with Crippen LogP contribution in [0.2, 0.25) is 0 Å². The summed E-state index contributed by atoms with van der Waals surface area (Å²) >= 11 is 0. The van der Waals surface area contributed by atoms with E-state index in [4.69, 9.17) is 10.3 Å². The van der Waals surface area contributed by atoms with Crippen molar-refractivity contribution in [3.63, 3.8) is 0 Å². The Hall–Kier alpha value is -0.900. The molecule has 0 bridgehead atoms. The molecular weight excluding hydrogens is 214 g/mol. The third-order valence-electron chi connectivity index (χ3n) is 4.00. The molecule has 0 spiro atoms. The van der Waals surface area contributed by atoms with Crippen LogP contribution < -0.4 is 5.73 Å². The van der Waals surface area contributed by atoms with E-state index in [0.29, 0.717) is 11.8 Å². The summed E-state index contributed by atoms with van der Waals surface area (Å²) in [5.74, 6) is 2.86. The molecule has 1 atom stereocenters. The molecule has 1 aromatic heterocycles. The Morgan fingerprint density at radius 3 is 2.59 bits per heavy atom. The van der Waals surface area contributed by atoms with E-state index in [2.05, 4.69) is 17.1 Å². The maximum absolute atomic E-state index is 5.88. The fourth-order valence-corrected chi connectivity index (χ4v) is 2.57. The number of hydrogen-bond acceptors (Lipinski definition) is 4. The van der Waals surface area contributed by atoms with Gasteiger partial charge in [0.15, 0.2) is 5.82 Å². The van der Waals surface area contributed by atoms with Crippen LogP contribution in [0.5, 0.6) is 0 Å². The van der Waals surface area contributed by atoms with Crippen molar-refractivity contribution in [2.45, 2.75) is 64.3 Å². The van der Waals surface area contributed by atoms with Crippen LogP contribution in [0.1, 0.15) is 76.0 Å². The molecule has 0 radical (unpaired) electrons. The monoisotopic (exact) mass is 237 g/mol. The highest BCUT2D eigenvalue weighted by molar-refractivity contribution is 4.99. The van der Waals surface area contributed by atoms with E-state index in [1.807, 2.05) is 6.92 Å². The fourth-order valence-electron chi connectivity index (χ4n) is 2.57. The van der Waals surface area contributed by atoms with Gasteiger partial charge in [0.1, 0.15) is 0 Å². The third-order valence-corrected chi connectivity index (χ3v) is 4.00. The Morgan fingerprint density at radius 2 is 2.00 bits per heavy atom. The quantitative estimate of drug-likeness (QED) is 0.873. The summed E-state index contributed by atoms with van der Waals surface area (Å²) in [6.45, 7) is 4.30. The highest BCUT2D eigenvalue weighted by Gasteiger charge is 2.25. The maximum Gasteiger partial charge on any atom is 0.243 e. The van der Waals surface area contributed by atoms with Crippen LogP contribution in [-0.4, -0.2) is 10.1 Å². The van der Waals surface area contributed by atoms with Gasteiger partial charge < -0.3 is 10.3 Å². The first kappa shape index (κ1) is 12.6. The lowest BCUT2D eigenvalue weighted by Gasteiger charge is -2.25. The van der Waals surface area contributed by atoms with Crippen LogP contribution in [0.3, 0.4) is 0 Å². The number of hydrogen-bond donors (Lipinski definition) is 1. The van der Waals surface area contributed by atoms with E-state index < -0.39 is 0 Å². The van der Waals surface area contributed by atoms with Crippen molar-refractivity contribution in [1.82, 2.24) is 10.1 Å². The third kappa shape index (κ3) is 2.86. The van der Waals surface area contributed by atoms with Crippen molar-refractivity contribution in [2.75, 3.05) is 0 Å². The Balaban J connectivity index is 1.97. The minimum atomic E-state index is -0.108. The molecule has 2 rings (SSSR count). The zero-order chi connectivity index (χ0) is 12.3. The first-order chi connectivity index (χ1) is 8.24.